The van der Waals surface area contributed by atoms with Crippen LogP contribution in [-0.2, 0) is 11.2 Å². The third-order valence-electron chi connectivity index (χ3n) is 4.78. The number of rotatable bonds is 4. The van der Waals surface area contributed by atoms with Crippen molar-refractivity contribution in [2.45, 2.75) is 51.7 Å². The van der Waals surface area contributed by atoms with E-state index in [1.165, 1.54) is 5.56 Å². The summed E-state index contributed by atoms with van der Waals surface area (Å²) in [5, 5.41) is 3.02. The van der Waals surface area contributed by atoms with E-state index in [1.54, 1.807) is 7.05 Å². The molecule has 1 aromatic heterocycles. The molecule has 0 saturated carbocycles. The van der Waals surface area contributed by atoms with Crippen LogP contribution in [0.15, 0.2) is 40.4 Å². The zero-order chi connectivity index (χ0) is 20.3. The van der Waals surface area contributed by atoms with Gasteiger partial charge in [-0.1, -0.05) is 12.1 Å². The first-order chi connectivity index (χ1) is 13.3. The fraction of sp³-hybridized carbons (Fsp3) is 0.409. The van der Waals surface area contributed by atoms with Crippen molar-refractivity contribution in [3.8, 4) is 0 Å². The highest BCUT2D eigenvalue weighted by Crippen LogP contribution is 2.32. The highest BCUT2D eigenvalue weighted by atomic mass is 16.6. The smallest absolute Gasteiger partial charge is 0.408 e. The standard InChI is InChI=1S/C22H28N4O2/c1-22(2,3)28-21(27)26-18-8-6-7-14-13-15(9-10-16(14)18)19(23-4)17-11-12-25-20(17)24-5/h9-13,18,25H,5-8H2,1-4H3,(H,26,27)/b23-19-. The minimum Gasteiger partial charge on any atom is -0.444 e. The predicted octanol–water partition coefficient (Wildman–Crippen LogP) is 4.72. The van der Waals surface area contributed by atoms with Gasteiger partial charge in [-0.05, 0) is 70.0 Å². The van der Waals surface area contributed by atoms with Crippen molar-refractivity contribution in [3.63, 3.8) is 0 Å². The largest absolute Gasteiger partial charge is 0.444 e. The summed E-state index contributed by atoms with van der Waals surface area (Å²) >= 11 is 0. The number of ether oxygens (including phenoxy) is 1. The molecule has 1 unspecified atom stereocenters. The molecule has 2 aromatic rings. The van der Waals surface area contributed by atoms with E-state index in [0.717, 1.165) is 41.7 Å². The van der Waals surface area contributed by atoms with Gasteiger partial charge in [0.05, 0.1) is 11.8 Å². The number of aromatic amines is 1. The molecule has 1 aliphatic rings. The van der Waals surface area contributed by atoms with Crippen LogP contribution in [0.4, 0.5) is 10.6 Å². The van der Waals surface area contributed by atoms with Crippen molar-refractivity contribution >= 4 is 24.3 Å². The van der Waals surface area contributed by atoms with Crippen LogP contribution >= 0.6 is 0 Å². The monoisotopic (exact) mass is 380 g/mol. The maximum Gasteiger partial charge on any atom is 0.408 e. The third kappa shape index (κ3) is 4.32. The number of alkyl carbamates (subject to hydrolysis) is 1. The predicted molar refractivity (Wildman–Crippen MR) is 113 cm³/mol. The molecule has 0 saturated heterocycles. The summed E-state index contributed by atoms with van der Waals surface area (Å²) in [4.78, 5) is 23.8. The van der Waals surface area contributed by atoms with Gasteiger partial charge in [-0.2, -0.15) is 0 Å². The number of nitrogens with zero attached hydrogens (tertiary/aromatic N) is 2. The Labute approximate surface area is 166 Å². The van der Waals surface area contributed by atoms with Gasteiger partial charge < -0.3 is 15.0 Å². The van der Waals surface area contributed by atoms with E-state index in [-0.39, 0.29) is 12.1 Å². The Morgan fingerprint density at radius 3 is 2.79 bits per heavy atom. The number of aliphatic imine (C=N–C) groups is 2. The SMILES string of the molecule is C=Nc1[nH]ccc1/C(=N\C)c1ccc2c(c1)CCCC2NC(=O)OC(C)(C)C. The summed E-state index contributed by atoms with van der Waals surface area (Å²) in [6.45, 7) is 9.22. The average molecular weight is 380 g/mol. The lowest BCUT2D eigenvalue weighted by Gasteiger charge is -2.28. The molecule has 2 N–H and O–H groups in total. The lowest BCUT2D eigenvalue weighted by atomic mass is 9.85. The molecule has 0 spiro atoms. The van der Waals surface area contributed by atoms with E-state index in [1.807, 2.05) is 33.0 Å². The molecule has 3 rings (SSSR count). The molecule has 148 valence electrons. The number of amides is 1. The lowest BCUT2D eigenvalue weighted by molar-refractivity contribution is 0.0498. The number of hydrogen-bond donors (Lipinski definition) is 2. The lowest BCUT2D eigenvalue weighted by Crippen LogP contribution is -2.36. The van der Waals surface area contributed by atoms with Crippen molar-refractivity contribution in [2.75, 3.05) is 7.05 Å². The van der Waals surface area contributed by atoms with E-state index in [0.29, 0.717) is 5.82 Å². The maximum atomic E-state index is 12.2. The molecule has 6 nitrogen and oxygen atoms in total. The zero-order valence-corrected chi connectivity index (χ0v) is 17.0. The van der Waals surface area contributed by atoms with Gasteiger partial charge >= 0.3 is 6.09 Å². The number of nitrogens with one attached hydrogen (secondary N) is 2. The van der Waals surface area contributed by atoms with Crippen LogP contribution < -0.4 is 5.32 Å². The first-order valence-electron chi connectivity index (χ1n) is 9.56. The van der Waals surface area contributed by atoms with Gasteiger partial charge in [0.15, 0.2) is 0 Å². The van der Waals surface area contributed by atoms with Crippen molar-refractivity contribution in [1.29, 1.82) is 0 Å². The molecule has 1 atom stereocenters. The molecule has 6 heteroatoms. The molecular weight excluding hydrogens is 352 g/mol. The van der Waals surface area contributed by atoms with Crippen LogP contribution in [-0.4, -0.2) is 36.2 Å². The number of H-pyrrole nitrogens is 1. The van der Waals surface area contributed by atoms with E-state index in [2.05, 4.69) is 45.2 Å². The summed E-state index contributed by atoms with van der Waals surface area (Å²) in [5.41, 5.74) is 4.70. The topological polar surface area (TPSA) is 78.8 Å². The fourth-order valence-electron chi connectivity index (χ4n) is 3.65. The van der Waals surface area contributed by atoms with Crippen LogP contribution in [0.3, 0.4) is 0 Å². The molecular formula is C22H28N4O2. The molecule has 0 fully saturated rings. The second-order valence-corrected chi connectivity index (χ2v) is 7.97. The Kier molecular flexibility index (Phi) is 5.68. The molecule has 28 heavy (non-hydrogen) atoms. The molecule has 0 bridgehead atoms. The molecule has 0 radical (unpaired) electrons. The van der Waals surface area contributed by atoms with E-state index in [9.17, 15) is 4.79 Å². The number of aryl methyl sites for hydroxylation is 1. The number of benzene rings is 1. The Bertz CT molecular complexity index is 906. The van der Waals surface area contributed by atoms with Gasteiger partial charge in [-0.15, -0.1) is 0 Å². The second kappa shape index (κ2) is 8.00. The van der Waals surface area contributed by atoms with Gasteiger partial charge in [0.2, 0.25) is 0 Å². The first kappa shape index (κ1) is 19.9. The summed E-state index contributed by atoms with van der Waals surface area (Å²) in [5.74, 6) is 0.711. The van der Waals surface area contributed by atoms with Crippen molar-refractivity contribution in [2.24, 2.45) is 9.98 Å². The van der Waals surface area contributed by atoms with Crippen LogP contribution in [0.25, 0.3) is 0 Å². The van der Waals surface area contributed by atoms with E-state index in [4.69, 9.17) is 4.74 Å². The minimum atomic E-state index is -0.509. The van der Waals surface area contributed by atoms with Gasteiger partial charge in [-0.3, -0.25) is 4.99 Å². The third-order valence-corrected chi connectivity index (χ3v) is 4.78. The normalized spacial score (nSPS) is 17.0. The van der Waals surface area contributed by atoms with Gasteiger partial charge in [0.25, 0.3) is 0 Å². The molecule has 1 amide bonds. The van der Waals surface area contributed by atoms with Gasteiger partial charge in [0, 0.05) is 24.4 Å². The number of carbonyl (C=O) groups excluding carboxylic acids is 1. The van der Waals surface area contributed by atoms with Crippen molar-refractivity contribution in [1.82, 2.24) is 10.3 Å². The number of aromatic nitrogens is 1. The highest BCUT2D eigenvalue weighted by molar-refractivity contribution is 6.15. The quantitative estimate of drug-likeness (QED) is 0.753. The highest BCUT2D eigenvalue weighted by Gasteiger charge is 2.25. The fourth-order valence-corrected chi connectivity index (χ4v) is 3.65. The summed E-state index contributed by atoms with van der Waals surface area (Å²) < 4.78 is 5.42. The van der Waals surface area contributed by atoms with Crippen LogP contribution in [0.5, 0.6) is 0 Å². The summed E-state index contributed by atoms with van der Waals surface area (Å²) in [6, 6.07) is 8.23. The number of carbonyl (C=O) groups is 1. The first-order valence-corrected chi connectivity index (χ1v) is 9.56. The Morgan fingerprint density at radius 1 is 1.32 bits per heavy atom. The Morgan fingerprint density at radius 2 is 2.11 bits per heavy atom. The maximum absolute atomic E-state index is 12.2. The minimum absolute atomic E-state index is 0.0349. The molecule has 0 aliphatic heterocycles. The second-order valence-electron chi connectivity index (χ2n) is 7.97. The summed E-state index contributed by atoms with van der Waals surface area (Å²) in [6.07, 6.45) is 4.36. The Balaban J connectivity index is 1.86. The van der Waals surface area contributed by atoms with Crippen LogP contribution in [0, 0.1) is 0 Å². The van der Waals surface area contributed by atoms with Gasteiger partial charge in [0.1, 0.15) is 11.4 Å². The van der Waals surface area contributed by atoms with Crippen LogP contribution in [0.1, 0.15) is 61.9 Å². The van der Waals surface area contributed by atoms with Crippen LogP contribution in [0.2, 0.25) is 0 Å². The van der Waals surface area contributed by atoms with Gasteiger partial charge in [-0.25, -0.2) is 9.79 Å². The Hall–Kier alpha value is -2.89. The van der Waals surface area contributed by atoms with Crippen molar-refractivity contribution in [3.05, 3.63) is 52.7 Å². The number of fused-ring (bicyclic) bond motifs is 1. The molecule has 1 aliphatic carbocycles. The van der Waals surface area contributed by atoms with E-state index < -0.39 is 5.60 Å². The molecule has 1 aromatic carbocycles. The molecule has 1 heterocycles. The number of hydrogen-bond acceptors (Lipinski definition) is 4. The van der Waals surface area contributed by atoms with E-state index >= 15 is 0 Å². The average Bonchev–Trinajstić information content (AvgIpc) is 3.09. The zero-order valence-electron chi connectivity index (χ0n) is 17.0. The van der Waals surface area contributed by atoms with Crippen molar-refractivity contribution < 1.29 is 9.53 Å². The summed E-state index contributed by atoms with van der Waals surface area (Å²) in [7, 11) is 1.78.